The maximum absolute atomic E-state index is 14.7. The lowest BCUT2D eigenvalue weighted by molar-refractivity contribution is 0.0683. The Kier molecular flexibility index (Phi) is 12.0. The Balaban J connectivity index is 0.000000196. The number of amides is 2. The Labute approximate surface area is 333 Å². The van der Waals surface area contributed by atoms with Gasteiger partial charge in [-0.15, -0.1) is 0 Å². The summed E-state index contributed by atoms with van der Waals surface area (Å²) in [5.74, 6) is -6.89. The van der Waals surface area contributed by atoms with Gasteiger partial charge in [-0.2, -0.15) is 5.10 Å². The third-order valence-electron chi connectivity index (χ3n) is 9.11. The zero-order valence-corrected chi connectivity index (χ0v) is 31.4. The number of halogens is 4. The molecule has 6 aromatic carbocycles. The zero-order chi connectivity index (χ0) is 41.7. The molecule has 2 amide bonds. The highest BCUT2D eigenvalue weighted by Crippen LogP contribution is 2.33. The summed E-state index contributed by atoms with van der Waals surface area (Å²) in [7, 11) is 0. The lowest BCUT2D eigenvalue weighted by Gasteiger charge is -2.12. The topological polar surface area (TPSA) is 161 Å². The fraction of sp³-hybridized carbons (Fsp3) is 0.0682. The number of carboxylic acid groups (broad SMARTS) is 2. The van der Waals surface area contributed by atoms with Gasteiger partial charge in [-0.05, 0) is 102 Å². The molecule has 14 heteroatoms. The van der Waals surface area contributed by atoms with Gasteiger partial charge >= 0.3 is 11.9 Å². The minimum Gasteiger partial charge on any atom is -0.478 e. The molecular weight excluding hydrogens is 773 g/mol. The summed E-state index contributed by atoms with van der Waals surface area (Å²) in [6, 6.07) is 29.1. The maximum atomic E-state index is 14.7. The summed E-state index contributed by atoms with van der Waals surface area (Å²) in [6.45, 7) is 3.87. The molecule has 0 radical (unpaired) electrons. The summed E-state index contributed by atoms with van der Waals surface area (Å²) in [6.07, 6.45) is 0.848. The summed E-state index contributed by atoms with van der Waals surface area (Å²) in [5.41, 5.74) is 3.38. The van der Waals surface area contributed by atoms with Gasteiger partial charge in [0.1, 0.15) is 23.1 Å². The number of anilines is 2. The van der Waals surface area contributed by atoms with E-state index in [2.05, 4.69) is 20.8 Å². The molecule has 0 atom stereocenters. The average Bonchev–Trinajstić information content (AvgIpc) is 3.59. The number of aromatic amines is 1. The van der Waals surface area contributed by atoms with E-state index < -0.39 is 46.9 Å². The van der Waals surface area contributed by atoms with Crippen molar-refractivity contribution in [2.24, 2.45) is 0 Å². The van der Waals surface area contributed by atoms with Gasteiger partial charge < -0.3 is 20.8 Å². The smallest absolute Gasteiger partial charge is 0.336 e. The monoisotopic (exact) mass is 804 g/mol. The molecule has 5 N–H and O–H groups in total. The highest BCUT2D eigenvalue weighted by Gasteiger charge is 2.21. The summed E-state index contributed by atoms with van der Waals surface area (Å²) < 4.78 is 44.0. The number of benzene rings is 6. The van der Waals surface area contributed by atoms with Crippen molar-refractivity contribution in [2.75, 3.05) is 10.6 Å². The number of carbonyl (C=O) groups is 4. The Morgan fingerprint density at radius 1 is 0.621 bits per heavy atom. The standard InChI is InChI=1S/C22H17ClFNO3.C22H15F2N3O3/c1-2-13-6-5-7-14(10-13)15-11-18(23)20(19(24)12-15)25-21(26)16-8-3-4-9-17(16)22(27)28;1-11-16-8-12(6-7-19(16)27-26-11)13-9-17(23)20(18(24)10-13)25-21(28)14-4-2-3-5-15(14)22(29)30/h3-12H,2H2,1H3,(H,25,26)(H,27,28);2-10H,1H3,(H,25,28)(H,26,27)(H,29,30). The predicted octanol–water partition coefficient (Wildman–Crippen LogP) is 10.4. The number of carbonyl (C=O) groups excluding carboxylic acids is 2. The van der Waals surface area contributed by atoms with E-state index in [1.165, 1.54) is 54.6 Å². The van der Waals surface area contributed by atoms with Crippen molar-refractivity contribution in [3.8, 4) is 22.3 Å². The van der Waals surface area contributed by atoms with E-state index in [9.17, 15) is 42.6 Å². The Morgan fingerprint density at radius 2 is 1.12 bits per heavy atom. The second-order valence-corrected chi connectivity index (χ2v) is 13.3. The van der Waals surface area contributed by atoms with Crippen LogP contribution in [0.1, 0.15) is 59.6 Å². The van der Waals surface area contributed by atoms with E-state index in [1.54, 1.807) is 24.3 Å². The number of hydrogen-bond donors (Lipinski definition) is 5. The molecule has 0 unspecified atom stereocenters. The number of carboxylic acids is 2. The summed E-state index contributed by atoms with van der Waals surface area (Å²) in [5, 5.41) is 30.8. The van der Waals surface area contributed by atoms with Crippen LogP contribution in [0.15, 0.2) is 115 Å². The van der Waals surface area contributed by atoms with Crippen LogP contribution < -0.4 is 10.6 Å². The molecule has 58 heavy (non-hydrogen) atoms. The number of aryl methyl sites for hydroxylation is 2. The van der Waals surface area contributed by atoms with E-state index in [4.69, 9.17) is 11.6 Å². The van der Waals surface area contributed by atoms with Gasteiger partial charge in [0.15, 0.2) is 0 Å². The van der Waals surface area contributed by atoms with Crippen molar-refractivity contribution in [3.63, 3.8) is 0 Å². The van der Waals surface area contributed by atoms with Crippen molar-refractivity contribution in [1.82, 2.24) is 10.2 Å². The van der Waals surface area contributed by atoms with Crippen LogP contribution in [0.25, 0.3) is 33.2 Å². The number of hydrogen-bond acceptors (Lipinski definition) is 5. The summed E-state index contributed by atoms with van der Waals surface area (Å²) in [4.78, 5) is 47.5. The Bertz CT molecular complexity index is 2710. The van der Waals surface area contributed by atoms with Gasteiger partial charge in [0.2, 0.25) is 0 Å². The van der Waals surface area contributed by atoms with Crippen LogP contribution >= 0.6 is 11.6 Å². The van der Waals surface area contributed by atoms with Crippen LogP contribution in [0.3, 0.4) is 0 Å². The average molecular weight is 805 g/mol. The van der Waals surface area contributed by atoms with Crippen molar-refractivity contribution in [2.45, 2.75) is 20.3 Å². The number of rotatable bonds is 9. The Morgan fingerprint density at radius 3 is 1.66 bits per heavy atom. The van der Waals surface area contributed by atoms with Crippen LogP contribution in [0.5, 0.6) is 0 Å². The van der Waals surface area contributed by atoms with E-state index >= 15 is 0 Å². The molecule has 0 aliphatic carbocycles. The first-order valence-corrected chi connectivity index (χ1v) is 17.9. The zero-order valence-electron chi connectivity index (χ0n) is 30.7. The minimum absolute atomic E-state index is 0.0260. The fourth-order valence-electron chi connectivity index (χ4n) is 6.10. The SMILES string of the molecule is CCc1cccc(-c2cc(F)c(NC(=O)c3ccccc3C(=O)O)c(Cl)c2)c1.Cc1[nH]nc2ccc(-c3cc(F)c(NC(=O)c4ccccc4C(=O)O)c(F)c3)cc12. The van der Waals surface area contributed by atoms with Gasteiger partial charge in [0.05, 0.1) is 38.5 Å². The molecule has 10 nitrogen and oxygen atoms in total. The number of fused-ring (bicyclic) bond motifs is 1. The minimum atomic E-state index is -1.32. The van der Waals surface area contributed by atoms with Gasteiger partial charge in [-0.25, -0.2) is 22.8 Å². The normalized spacial score (nSPS) is 10.7. The fourth-order valence-corrected chi connectivity index (χ4v) is 6.36. The van der Waals surface area contributed by atoms with Crippen molar-refractivity contribution in [3.05, 3.63) is 171 Å². The predicted molar refractivity (Wildman–Crippen MR) is 215 cm³/mol. The highest BCUT2D eigenvalue weighted by atomic mass is 35.5. The molecule has 0 aliphatic heterocycles. The van der Waals surface area contributed by atoms with Crippen LogP contribution in [-0.2, 0) is 6.42 Å². The third-order valence-corrected chi connectivity index (χ3v) is 9.41. The van der Waals surface area contributed by atoms with Gasteiger partial charge in [0.25, 0.3) is 11.8 Å². The van der Waals surface area contributed by atoms with E-state index in [0.717, 1.165) is 46.3 Å². The van der Waals surface area contributed by atoms with Crippen molar-refractivity contribution < 1.29 is 42.6 Å². The quantitative estimate of drug-likeness (QED) is 0.0970. The van der Waals surface area contributed by atoms with Crippen molar-refractivity contribution >= 4 is 57.6 Å². The lowest BCUT2D eigenvalue weighted by Crippen LogP contribution is -2.18. The van der Waals surface area contributed by atoms with E-state index in [1.807, 2.05) is 38.1 Å². The first-order valence-electron chi connectivity index (χ1n) is 17.6. The number of aromatic carboxylic acids is 2. The largest absolute Gasteiger partial charge is 0.478 e. The molecule has 7 aromatic rings. The van der Waals surface area contributed by atoms with E-state index in [-0.39, 0.29) is 38.5 Å². The van der Waals surface area contributed by atoms with Gasteiger partial charge in [-0.3, -0.25) is 14.7 Å². The second kappa shape index (κ2) is 17.3. The molecule has 0 saturated carbocycles. The lowest BCUT2D eigenvalue weighted by atomic mass is 10.0. The first kappa shape index (κ1) is 40.4. The molecule has 0 aliphatic rings. The van der Waals surface area contributed by atoms with E-state index in [0.29, 0.717) is 11.1 Å². The maximum Gasteiger partial charge on any atom is 0.336 e. The van der Waals surface area contributed by atoms with Crippen LogP contribution in [0.4, 0.5) is 24.5 Å². The molecule has 0 fully saturated rings. The second-order valence-electron chi connectivity index (χ2n) is 12.9. The Hall–Kier alpha value is -7.25. The number of H-pyrrole nitrogens is 1. The van der Waals surface area contributed by atoms with Gasteiger partial charge in [0, 0.05) is 11.1 Å². The highest BCUT2D eigenvalue weighted by molar-refractivity contribution is 6.34. The molecular formula is C44H32ClF3N4O6. The number of nitrogens with one attached hydrogen (secondary N) is 3. The molecule has 292 valence electrons. The molecule has 1 aromatic heterocycles. The summed E-state index contributed by atoms with van der Waals surface area (Å²) >= 11 is 6.22. The van der Waals surface area contributed by atoms with Crippen molar-refractivity contribution in [1.29, 1.82) is 0 Å². The number of aromatic nitrogens is 2. The molecule has 1 heterocycles. The third kappa shape index (κ3) is 8.74. The van der Waals surface area contributed by atoms with Gasteiger partial charge in [-0.1, -0.05) is 73.1 Å². The molecule has 7 rings (SSSR count). The molecule has 0 bridgehead atoms. The van der Waals surface area contributed by atoms with Crippen LogP contribution in [0, 0.1) is 24.4 Å². The number of nitrogens with zero attached hydrogens (tertiary/aromatic N) is 1. The molecule has 0 spiro atoms. The first-order chi connectivity index (χ1) is 27.7. The van der Waals surface area contributed by atoms with Crippen LogP contribution in [-0.4, -0.2) is 44.2 Å². The molecule has 0 saturated heterocycles. The van der Waals surface area contributed by atoms with Crippen LogP contribution in [0.2, 0.25) is 5.02 Å².